The summed E-state index contributed by atoms with van der Waals surface area (Å²) >= 11 is 0. The third-order valence-electron chi connectivity index (χ3n) is 6.44. The van der Waals surface area contributed by atoms with E-state index in [2.05, 4.69) is 20.9 Å². The second-order valence-corrected chi connectivity index (χ2v) is 10.2. The Morgan fingerprint density at radius 3 is 2.13 bits per heavy atom. The number of carbonyl (C=O) groups excluding carboxylic acids is 3. The highest BCUT2D eigenvalue weighted by Crippen LogP contribution is 2.18. The summed E-state index contributed by atoms with van der Waals surface area (Å²) in [5.41, 5.74) is 8.72. The first-order valence-electron chi connectivity index (χ1n) is 13.0. The average Bonchev–Trinajstić information content (AvgIpc) is 3.30. The molecule has 0 radical (unpaired) electrons. The number of aromatic amines is 1. The Bertz CT molecular complexity index is 1290. The molecule has 10 heteroatoms. The van der Waals surface area contributed by atoms with Crippen molar-refractivity contribution in [2.24, 2.45) is 11.7 Å². The highest BCUT2D eigenvalue weighted by Gasteiger charge is 2.29. The van der Waals surface area contributed by atoms with Crippen molar-refractivity contribution in [1.82, 2.24) is 20.9 Å². The number of aromatic nitrogens is 1. The van der Waals surface area contributed by atoms with Crippen LogP contribution in [0.25, 0.3) is 10.9 Å². The maximum absolute atomic E-state index is 13.1. The lowest BCUT2D eigenvalue weighted by Gasteiger charge is -2.25. The lowest BCUT2D eigenvalue weighted by Crippen LogP contribution is -2.57. The van der Waals surface area contributed by atoms with E-state index < -0.39 is 47.9 Å². The van der Waals surface area contributed by atoms with Gasteiger partial charge in [-0.1, -0.05) is 62.4 Å². The van der Waals surface area contributed by atoms with E-state index in [0.29, 0.717) is 0 Å². The summed E-state index contributed by atoms with van der Waals surface area (Å²) in [5.74, 6) is -2.81. The van der Waals surface area contributed by atoms with Gasteiger partial charge < -0.3 is 31.8 Å². The Balaban J connectivity index is 1.59. The van der Waals surface area contributed by atoms with Gasteiger partial charge in [0.2, 0.25) is 17.7 Å². The number of carbonyl (C=O) groups is 4. The van der Waals surface area contributed by atoms with Gasteiger partial charge in [-0.2, -0.15) is 0 Å². The molecule has 0 saturated heterocycles. The number of fused-ring (bicyclic) bond motifs is 1. The first-order valence-corrected chi connectivity index (χ1v) is 13.0. The van der Waals surface area contributed by atoms with Crippen LogP contribution in [0, 0.1) is 5.92 Å². The van der Waals surface area contributed by atoms with E-state index >= 15 is 0 Å². The van der Waals surface area contributed by atoms with Crippen LogP contribution in [0.15, 0.2) is 60.8 Å². The molecule has 0 aliphatic heterocycles. The second-order valence-electron chi connectivity index (χ2n) is 10.2. The van der Waals surface area contributed by atoms with E-state index in [1.165, 1.54) is 6.92 Å². The standard InChI is InChI=1S/C29H37N5O5/c1-17(2)13-24(28(37)34-25(29(38)39)14-19-9-5-4-6-10-19)33-26(35)18(3)32-27(36)22(30)15-20-16-31-23-12-8-7-11-21(20)23/h4-12,16-18,22,24-25,31H,13-15,30H2,1-3H3,(H,32,36)(H,33,35)(H,34,37)(H,38,39). The van der Waals surface area contributed by atoms with E-state index in [4.69, 9.17) is 5.73 Å². The van der Waals surface area contributed by atoms with Crippen molar-refractivity contribution >= 4 is 34.6 Å². The number of benzene rings is 2. The number of carboxylic acids is 1. The van der Waals surface area contributed by atoms with Gasteiger partial charge in [-0.05, 0) is 42.9 Å². The van der Waals surface area contributed by atoms with Gasteiger partial charge in [0.05, 0.1) is 6.04 Å². The van der Waals surface area contributed by atoms with Crippen LogP contribution in [0.1, 0.15) is 38.3 Å². The van der Waals surface area contributed by atoms with Crippen LogP contribution >= 0.6 is 0 Å². The van der Waals surface area contributed by atoms with Gasteiger partial charge in [0.25, 0.3) is 0 Å². The zero-order valence-electron chi connectivity index (χ0n) is 22.4. The molecule has 0 saturated carbocycles. The van der Waals surface area contributed by atoms with Crippen LogP contribution in [-0.2, 0) is 32.0 Å². The molecule has 208 valence electrons. The molecule has 0 aliphatic rings. The van der Waals surface area contributed by atoms with Crippen molar-refractivity contribution in [3.8, 4) is 0 Å². The molecule has 3 amide bonds. The molecule has 10 nitrogen and oxygen atoms in total. The van der Waals surface area contributed by atoms with Crippen LogP contribution in [-0.4, -0.2) is 57.9 Å². The normalized spacial score (nSPS) is 14.3. The summed E-state index contributed by atoms with van der Waals surface area (Å²) in [4.78, 5) is 53.7. The number of rotatable bonds is 13. The van der Waals surface area contributed by atoms with Gasteiger partial charge in [-0.25, -0.2) is 4.79 Å². The summed E-state index contributed by atoms with van der Waals surface area (Å²) in [6.45, 7) is 5.28. The molecule has 4 atom stereocenters. The summed E-state index contributed by atoms with van der Waals surface area (Å²) < 4.78 is 0. The van der Waals surface area contributed by atoms with E-state index in [9.17, 15) is 24.3 Å². The second kappa shape index (κ2) is 13.6. The fraction of sp³-hybridized carbons (Fsp3) is 0.379. The number of H-pyrrole nitrogens is 1. The predicted octanol–water partition coefficient (Wildman–Crippen LogP) is 1.89. The maximum Gasteiger partial charge on any atom is 0.326 e. The first kappa shape index (κ1) is 29.4. The Labute approximate surface area is 227 Å². The lowest BCUT2D eigenvalue weighted by molar-refractivity contribution is -0.142. The largest absolute Gasteiger partial charge is 0.480 e. The van der Waals surface area contributed by atoms with Crippen molar-refractivity contribution in [2.45, 2.75) is 64.2 Å². The molecule has 39 heavy (non-hydrogen) atoms. The summed E-state index contributed by atoms with van der Waals surface area (Å²) in [6, 6.07) is 12.7. The molecular weight excluding hydrogens is 498 g/mol. The zero-order valence-corrected chi connectivity index (χ0v) is 22.4. The summed E-state index contributed by atoms with van der Waals surface area (Å²) in [7, 11) is 0. The quantitative estimate of drug-likeness (QED) is 0.195. The Kier molecular flexibility index (Phi) is 10.2. The zero-order chi connectivity index (χ0) is 28.5. The van der Waals surface area contributed by atoms with Crippen LogP contribution in [0.3, 0.4) is 0 Å². The number of hydrogen-bond acceptors (Lipinski definition) is 5. The molecule has 0 spiro atoms. The molecule has 4 unspecified atom stereocenters. The van der Waals surface area contributed by atoms with Crippen LogP contribution in [0.4, 0.5) is 0 Å². The maximum atomic E-state index is 13.1. The van der Waals surface area contributed by atoms with Gasteiger partial charge in [0, 0.05) is 23.5 Å². The number of para-hydroxylation sites is 1. The van der Waals surface area contributed by atoms with Crippen molar-refractivity contribution in [1.29, 1.82) is 0 Å². The Hall–Kier alpha value is -4.18. The Morgan fingerprint density at radius 2 is 1.46 bits per heavy atom. The number of carboxylic acid groups (broad SMARTS) is 1. The predicted molar refractivity (Wildman–Crippen MR) is 149 cm³/mol. The van der Waals surface area contributed by atoms with Gasteiger partial charge in [-0.3, -0.25) is 14.4 Å². The van der Waals surface area contributed by atoms with Gasteiger partial charge >= 0.3 is 5.97 Å². The minimum absolute atomic E-state index is 0.0351. The SMILES string of the molecule is CC(C)CC(NC(=O)C(C)NC(=O)C(N)Cc1c[nH]c2ccccc12)C(=O)NC(Cc1ccccc1)C(=O)O. The number of nitrogens with two attached hydrogens (primary N) is 1. The molecule has 0 bridgehead atoms. The molecule has 1 heterocycles. The van der Waals surface area contributed by atoms with E-state index in [-0.39, 0.29) is 25.2 Å². The smallest absolute Gasteiger partial charge is 0.326 e. The molecule has 0 fully saturated rings. The highest BCUT2D eigenvalue weighted by molar-refractivity contribution is 5.94. The Morgan fingerprint density at radius 1 is 0.821 bits per heavy atom. The van der Waals surface area contributed by atoms with Crippen molar-refractivity contribution in [2.75, 3.05) is 0 Å². The van der Waals surface area contributed by atoms with E-state index in [1.807, 2.05) is 50.4 Å². The fourth-order valence-corrected chi connectivity index (χ4v) is 4.34. The number of hydrogen-bond donors (Lipinski definition) is 6. The summed E-state index contributed by atoms with van der Waals surface area (Å²) in [6.07, 6.45) is 2.48. The average molecular weight is 536 g/mol. The van der Waals surface area contributed by atoms with Gasteiger partial charge in [0.15, 0.2) is 0 Å². The molecule has 3 aromatic rings. The monoisotopic (exact) mass is 535 g/mol. The number of aliphatic carboxylic acids is 1. The third kappa shape index (κ3) is 8.41. The third-order valence-corrected chi connectivity index (χ3v) is 6.44. The number of nitrogens with one attached hydrogen (secondary N) is 4. The van der Waals surface area contributed by atoms with Crippen LogP contribution < -0.4 is 21.7 Å². The van der Waals surface area contributed by atoms with Gasteiger partial charge in [-0.15, -0.1) is 0 Å². The van der Waals surface area contributed by atoms with Crippen LogP contribution in [0.5, 0.6) is 0 Å². The molecule has 0 aliphatic carbocycles. The van der Waals surface area contributed by atoms with Crippen molar-refractivity contribution < 1.29 is 24.3 Å². The van der Waals surface area contributed by atoms with Crippen LogP contribution in [0.2, 0.25) is 0 Å². The molecule has 1 aromatic heterocycles. The minimum atomic E-state index is -1.17. The topological polar surface area (TPSA) is 166 Å². The van der Waals surface area contributed by atoms with E-state index in [1.54, 1.807) is 24.3 Å². The number of amides is 3. The lowest BCUT2D eigenvalue weighted by atomic mass is 10.0. The van der Waals surface area contributed by atoms with Crippen molar-refractivity contribution in [3.05, 3.63) is 71.9 Å². The van der Waals surface area contributed by atoms with E-state index in [0.717, 1.165) is 22.0 Å². The highest BCUT2D eigenvalue weighted by atomic mass is 16.4. The summed E-state index contributed by atoms with van der Waals surface area (Å²) in [5, 5.41) is 18.5. The first-order chi connectivity index (χ1) is 18.5. The van der Waals surface area contributed by atoms with Gasteiger partial charge in [0.1, 0.15) is 18.1 Å². The molecule has 7 N–H and O–H groups in total. The molecular formula is C29H37N5O5. The molecule has 2 aromatic carbocycles. The fourth-order valence-electron chi connectivity index (χ4n) is 4.34. The minimum Gasteiger partial charge on any atom is -0.480 e. The van der Waals surface area contributed by atoms with Crippen molar-refractivity contribution in [3.63, 3.8) is 0 Å². The molecule has 3 rings (SSSR count).